The van der Waals surface area contributed by atoms with E-state index in [2.05, 4.69) is 24.1 Å². The zero-order chi connectivity index (χ0) is 21.3. The topological polar surface area (TPSA) is 85.4 Å². The molecule has 2 amide bonds. The zero-order valence-corrected chi connectivity index (χ0v) is 18.0. The predicted octanol–water partition coefficient (Wildman–Crippen LogP) is 4.95. The molecule has 0 bridgehead atoms. The lowest BCUT2D eigenvalue weighted by molar-refractivity contribution is -0.137. The minimum Gasteiger partial charge on any atom is -0.465 e. The van der Waals surface area contributed by atoms with Crippen molar-refractivity contribution in [3.63, 3.8) is 0 Å². The summed E-state index contributed by atoms with van der Waals surface area (Å²) in [5, 5.41) is 13.0. The molecule has 1 atom stereocenters. The number of carbonyl (C=O) groups is 2. The van der Waals surface area contributed by atoms with E-state index in [0.717, 1.165) is 55.0 Å². The van der Waals surface area contributed by atoms with E-state index in [1.54, 1.807) is 6.92 Å². The van der Waals surface area contributed by atoms with Crippen molar-refractivity contribution in [3.8, 4) is 0 Å². The van der Waals surface area contributed by atoms with E-state index in [1.807, 2.05) is 35.4 Å². The Bertz CT molecular complexity index is 792. The normalized spacial score (nSPS) is 13.2. The number of carbonyl (C=O) groups excluding carboxylic acids is 1. The molecule has 1 unspecified atom stereocenters. The minimum absolute atomic E-state index is 0.141. The van der Waals surface area contributed by atoms with Crippen LogP contribution in [0.1, 0.15) is 64.9 Å². The van der Waals surface area contributed by atoms with E-state index < -0.39 is 11.6 Å². The number of carboxylic acid groups (broad SMARTS) is 1. The quantitative estimate of drug-likeness (QED) is 0.440. The fourth-order valence-corrected chi connectivity index (χ4v) is 3.84. The zero-order valence-electron chi connectivity index (χ0n) is 18.0. The number of nitrogens with one attached hydrogen (secondary N) is 2. The highest BCUT2D eigenvalue weighted by Gasteiger charge is 2.38. The number of fused-ring (bicyclic) bond motifs is 1. The highest BCUT2D eigenvalue weighted by Crippen LogP contribution is 2.24. The number of unbranched alkanes of at least 4 members (excludes halogenated alkanes) is 4. The molecule has 0 saturated carbocycles. The Hall–Kier alpha value is -2.50. The van der Waals surface area contributed by atoms with Gasteiger partial charge in [0.2, 0.25) is 5.91 Å². The second-order valence-electron chi connectivity index (χ2n) is 8.00. The summed E-state index contributed by atoms with van der Waals surface area (Å²) < 4.78 is 0. The molecule has 2 aromatic rings. The third-order valence-electron chi connectivity index (χ3n) is 5.42. The number of hydrogen-bond acceptors (Lipinski definition) is 2. The summed E-state index contributed by atoms with van der Waals surface area (Å²) in [6, 6.07) is 7.87. The molecule has 0 aliphatic rings. The first-order valence-electron chi connectivity index (χ1n) is 10.8. The highest BCUT2D eigenvalue weighted by molar-refractivity contribution is 5.91. The lowest BCUT2D eigenvalue weighted by atomic mass is 9.90. The fourth-order valence-electron chi connectivity index (χ4n) is 3.84. The van der Waals surface area contributed by atoms with Crippen LogP contribution < -0.4 is 5.32 Å². The summed E-state index contributed by atoms with van der Waals surface area (Å²) in [5.41, 5.74) is 0.706. The van der Waals surface area contributed by atoms with Gasteiger partial charge in [-0.15, -0.1) is 0 Å². The molecule has 160 valence electrons. The number of rotatable bonds is 12. The minimum atomic E-state index is -1.21. The van der Waals surface area contributed by atoms with Gasteiger partial charge in [0.05, 0.1) is 0 Å². The Balaban J connectivity index is 2.27. The van der Waals surface area contributed by atoms with Crippen LogP contribution in [-0.4, -0.2) is 45.6 Å². The molecular weight excluding hydrogens is 366 g/mol. The standard InChI is InChI=1S/C23H35N3O3/c1-4-6-10-14-26(15-11-7-5-2)21(27)23(3,25-22(28)29)16-18-17-24-20-13-9-8-12-19(18)20/h8-9,12-13,17,24-25H,4-7,10-11,14-16H2,1-3H3,(H,28,29). The van der Waals surface area contributed by atoms with Crippen molar-refractivity contribution in [3.05, 3.63) is 36.0 Å². The predicted molar refractivity (Wildman–Crippen MR) is 117 cm³/mol. The summed E-state index contributed by atoms with van der Waals surface area (Å²) in [7, 11) is 0. The molecule has 0 radical (unpaired) electrons. The lowest BCUT2D eigenvalue weighted by Gasteiger charge is -2.35. The van der Waals surface area contributed by atoms with Crippen LogP contribution in [0.2, 0.25) is 0 Å². The van der Waals surface area contributed by atoms with Crippen LogP contribution in [0.5, 0.6) is 0 Å². The maximum Gasteiger partial charge on any atom is 0.405 e. The second-order valence-corrected chi connectivity index (χ2v) is 8.00. The van der Waals surface area contributed by atoms with Crippen molar-refractivity contribution in [2.75, 3.05) is 13.1 Å². The number of hydrogen-bond donors (Lipinski definition) is 3. The molecule has 6 nitrogen and oxygen atoms in total. The van der Waals surface area contributed by atoms with Crippen LogP contribution >= 0.6 is 0 Å². The average Bonchev–Trinajstić information content (AvgIpc) is 3.08. The number of aromatic amines is 1. The summed E-state index contributed by atoms with van der Waals surface area (Å²) in [5.74, 6) is -0.141. The summed E-state index contributed by atoms with van der Waals surface area (Å²) in [4.78, 5) is 30.2. The number of aromatic nitrogens is 1. The molecule has 6 heteroatoms. The van der Waals surface area contributed by atoms with Crippen molar-refractivity contribution in [1.29, 1.82) is 0 Å². The van der Waals surface area contributed by atoms with Gasteiger partial charge in [-0.3, -0.25) is 4.79 Å². The van der Waals surface area contributed by atoms with E-state index >= 15 is 0 Å². The van der Waals surface area contributed by atoms with Gasteiger partial charge < -0.3 is 20.3 Å². The summed E-state index contributed by atoms with van der Waals surface area (Å²) in [6.45, 7) is 7.31. The van der Waals surface area contributed by atoms with Crippen molar-refractivity contribution in [1.82, 2.24) is 15.2 Å². The Morgan fingerprint density at radius 2 is 1.69 bits per heavy atom. The van der Waals surface area contributed by atoms with Crippen LogP contribution in [0.15, 0.2) is 30.5 Å². The molecule has 0 fully saturated rings. The first-order chi connectivity index (χ1) is 13.9. The molecule has 1 heterocycles. The molecule has 0 aliphatic carbocycles. The fraction of sp³-hybridized carbons (Fsp3) is 0.565. The number of para-hydroxylation sites is 1. The number of amides is 2. The van der Waals surface area contributed by atoms with Gasteiger partial charge in [0.15, 0.2) is 0 Å². The van der Waals surface area contributed by atoms with Gasteiger partial charge in [-0.1, -0.05) is 57.7 Å². The molecule has 1 aromatic carbocycles. The van der Waals surface area contributed by atoms with Gasteiger partial charge in [0, 0.05) is 36.6 Å². The third-order valence-corrected chi connectivity index (χ3v) is 5.42. The molecular formula is C23H35N3O3. The number of nitrogens with zero attached hydrogens (tertiary/aromatic N) is 1. The SMILES string of the molecule is CCCCCN(CCCCC)C(=O)C(C)(Cc1c[nH]c2ccccc12)NC(=O)O. The van der Waals surface area contributed by atoms with E-state index in [-0.39, 0.29) is 5.91 Å². The van der Waals surface area contributed by atoms with Gasteiger partial charge >= 0.3 is 6.09 Å². The van der Waals surface area contributed by atoms with Crippen LogP contribution in [0.4, 0.5) is 4.79 Å². The number of benzene rings is 1. The van der Waals surface area contributed by atoms with Crippen molar-refractivity contribution < 1.29 is 14.7 Å². The van der Waals surface area contributed by atoms with Crippen LogP contribution in [0.25, 0.3) is 10.9 Å². The molecule has 29 heavy (non-hydrogen) atoms. The van der Waals surface area contributed by atoms with Crippen molar-refractivity contribution >= 4 is 22.9 Å². The maximum atomic E-state index is 13.5. The van der Waals surface area contributed by atoms with Gasteiger partial charge in [-0.2, -0.15) is 0 Å². The van der Waals surface area contributed by atoms with E-state index in [9.17, 15) is 14.7 Å². The maximum absolute atomic E-state index is 13.5. The molecule has 2 rings (SSSR count). The lowest BCUT2D eigenvalue weighted by Crippen LogP contribution is -2.59. The third kappa shape index (κ3) is 6.24. The molecule has 0 spiro atoms. The van der Waals surface area contributed by atoms with Crippen molar-refractivity contribution in [2.45, 2.75) is 71.3 Å². The van der Waals surface area contributed by atoms with Crippen LogP contribution in [-0.2, 0) is 11.2 Å². The Kier molecular flexibility index (Phi) is 8.55. The van der Waals surface area contributed by atoms with Gasteiger partial charge in [0.1, 0.15) is 5.54 Å². The van der Waals surface area contributed by atoms with E-state index in [0.29, 0.717) is 19.5 Å². The van der Waals surface area contributed by atoms with Gasteiger partial charge in [-0.25, -0.2) is 4.79 Å². The average molecular weight is 402 g/mol. The molecule has 0 saturated heterocycles. The van der Waals surface area contributed by atoms with Crippen LogP contribution in [0, 0.1) is 0 Å². The van der Waals surface area contributed by atoms with Gasteiger partial charge in [0.25, 0.3) is 0 Å². The molecule has 3 N–H and O–H groups in total. The smallest absolute Gasteiger partial charge is 0.405 e. The number of H-pyrrole nitrogens is 1. The Morgan fingerprint density at radius 3 is 2.28 bits per heavy atom. The summed E-state index contributed by atoms with van der Waals surface area (Å²) >= 11 is 0. The first-order valence-corrected chi connectivity index (χ1v) is 10.8. The first kappa shape index (κ1) is 22.8. The van der Waals surface area contributed by atoms with E-state index in [4.69, 9.17) is 0 Å². The molecule has 1 aromatic heterocycles. The Labute approximate surface area is 173 Å². The summed E-state index contributed by atoms with van der Waals surface area (Å²) in [6.07, 6.45) is 7.15. The Morgan fingerprint density at radius 1 is 1.07 bits per heavy atom. The molecule has 0 aliphatic heterocycles. The van der Waals surface area contributed by atoms with Gasteiger partial charge in [-0.05, 0) is 31.4 Å². The second kappa shape index (κ2) is 10.9. The van der Waals surface area contributed by atoms with Crippen LogP contribution in [0.3, 0.4) is 0 Å². The highest BCUT2D eigenvalue weighted by atomic mass is 16.4. The monoisotopic (exact) mass is 401 g/mol. The largest absolute Gasteiger partial charge is 0.465 e. The van der Waals surface area contributed by atoms with E-state index in [1.165, 1.54) is 0 Å². The van der Waals surface area contributed by atoms with Crippen molar-refractivity contribution in [2.24, 2.45) is 0 Å².